The summed E-state index contributed by atoms with van der Waals surface area (Å²) >= 11 is 0. The number of anilines is 4. The third kappa shape index (κ3) is 10.1. The number of amides is 2. The average molecular weight is 1030 g/mol. The van der Waals surface area contributed by atoms with Crippen LogP contribution in [0.15, 0.2) is 145 Å². The lowest BCUT2D eigenvalue weighted by molar-refractivity contribution is 0.214. The number of ether oxygens (including phenoxy) is 2. The summed E-state index contributed by atoms with van der Waals surface area (Å²) in [5.74, 6) is 0.542. The standard InChI is InChI=1S/C51H44N4O14S3/c1-27-44(29(3)48(71(61,62)63)31(5)46(27)54-50(56)67-35-15-9-7-10-16-35)52-33-21-23-37-40(25-33)69-41-26-34(22-24-38(41)43(37)39-19-13-14-20-42(39)70(58,59)60)53-45-28(2)47(32(6)49(30(45)4)72(64,65)66)55-51(57)68-36-17-11-8-12-18-36/h7-26,52H,1-6H3,(H,54,56)(H,55,57)(H,58,59,60)(H,61,62,63)(H,64,65,66)/b53-34+. The molecule has 18 nitrogen and oxygen atoms in total. The molecular weight excluding hydrogens is 989 g/mol. The summed E-state index contributed by atoms with van der Waals surface area (Å²) in [5, 5.41) is 8.94. The van der Waals surface area contributed by atoms with Gasteiger partial charge in [-0.2, -0.15) is 25.3 Å². The highest BCUT2D eigenvalue weighted by Crippen LogP contribution is 2.45. The van der Waals surface area contributed by atoms with E-state index in [0.29, 0.717) is 33.3 Å². The van der Waals surface area contributed by atoms with Gasteiger partial charge in [-0.3, -0.25) is 24.3 Å². The number of hydrogen-bond donors (Lipinski definition) is 6. The molecule has 0 radical (unpaired) electrons. The fourth-order valence-electron chi connectivity index (χ4n) is 8.82. The lowest BCUT2D eigenvalue weighted by Gasteiger charge is -2.22. The van der Waals surface area contributed by atoms with Crippen LogP contribution in [0, 0.1) is 41.5 Å². The fourth-order valence-corrected chi connectivity index (χ4v) is 11.5. The van der Waals surface area contributed by atoms with Crippen LogP contribution in [0.25, 0.3) is 33.4 Å². The van der Waals surface area contributed by atoms with Gasteiger partial charge in [0.2, 0.25) is 0 Å². The van der Waals surface area contributed by atoms with E-state index in [1.807, 2.05) is 0 Å². The number of para-hydroxylation sites is 2. The first kappa shape index (κ1) is 50.5. The molecule has 8 rings (SSSR count). The molecular formula is C51H44N4O14S3. The summed E-state index contributed by atoms with van der Waals surface area (Å²) in [6.07, 6.45) is -1.88. The fraction of sp³-hybridized carbons (Fsp3) is 0.118. The number of nitrogens with one attached hydrogen (secondary N) is 3. The molecule has 0 saturated carbocycles. The minimum atomic E-state index is -4.90. The van der Waals surface area contributed by atoms with Crippen molar-refractivity contribution in [2.75, 3.05) is 16.0 Å². The molecule has 0 fully saturated rings. The predicted molar refractivity (Wildman–Crippen MR) is 270 cm³/mol. The second kappa shape index (κ2) is 19.4. The van der Waals surface area contributed by atoms with E-state index in [-0.39, 0.29) is 78.8 Å². The molecule has 370 valence electrons. The lowest BCUT2D eigenvalue weighted by Crippen LogP contribution is -2.20. The number of carbonyl (C=O) groups excluding carboxylic acids is 2. The Hall–Kier alpha value is -7.92. The second-order valence-corrected chi connectivity index (χ2v) is 20.7. The van der Waals surface area contributed by atoms with E-state index in [2.05, 4.69) is 16.0 Å². The van der Waals surface area contributed by atoms with E-state index in [1.54, 1.807) is 111 Å². The zero-order valence-electron chi connectivity index (χ0n) is 39.1. The third-order valence-electron chi connectivity index (χ3n) is 11.9. The van der Waals surface area contributed by atoms with Crippen LogP contribution < -0.4 is 30.8 Å². The summed E-state index contributed by atoms with van der Waals surface area (Å²) in [4.78, 5) is 29.7. The van der Waals surface area contributed by atoms with Crippen molar-refractivity contribution in [3.8, 4) is 33.9 Å². The van der Waals surface area contributed by atoms with Crippen LogP contribution in [-0.4, -0.2) is 51.1 Å². The molecule has 21 heteroatoms. The highest BCUT2D eigenvalue weighted by molar-refractivity contribution is 7.86. The van der Waals surface area contributed by atoms with Crippen LogP contribution in [0.4, 0.5) is 38.0 Å². The molecule has 6 aromatic carbocycles. The molecule has 1 aliphatic carbocycles. The topological polar surface area (TPSA) is 277 Å². The van der Waals surface area contributed by atoms with E-state index in [9.17, 15) is 48.5 Å². The first-order valence-corrected chi connectivity index (χ1v) is 25.9. The Morgan fingerprint density at radius 1 is 0.528 bits per heavy atom. The number of benzene rings is 7. The molecule has 0 atom stereocenters. The first-order valence-electron chi connectivity index (χ1n) is 21.6. The molecule has 0 spiro atoms. The van der Waals surface area contributed by atoms with E-state index >= 15 is 0 Å². The van der Waals surface area contributed by atoms with Crippen LogP contribution in [0.3, 0.4) is 0 Å². The molecule has 0 aromatic heterocycles. The monoisotopic (exact) mass is 1030 g/mol. The third-order valence-corrected chi connectivity index (χ3v) is 15.0. The zero-order valence-corrected chi connectivity index (χ0v) is 41.5. The van der Waals surface area contributed by atoms with Gasteiger partial charge in [0, 0.05) is 45.6 Å². The van der Waals surface area contributed by atoms with Gasteiger partial charge in [0.05, 0.1) is 22.4 Å². The number of carbonyl (C=O) groups is 2. The van der Waals surface area contributed by atoms with Gasteiger partial charge in [0.25, 0.3) is 30.4 Å². The number of rotatable bonds is 11. The Kier molecular flexibility index (Phi) is 13.6. The molecule has 1 aliphatic heterocycles. The number of hydrogen-bond acceptors (Lipinski definition) is 13. The molecule has 0 saturated heterocycles. The average Bonchev–Trinajstić information content (AvgIpc) is 3.30. The summed E-state index contributed by atoms with van der Waals surface area (Å²) in [6, 6.07) is 31.5. The summed E-state index contributed by atoms with van der Waals surface area (Å²) < 4.78 is 126. The van der Waals surface area contributed by atoms with Crippen molar-refractivity contribution in [3.05, 3.63) is 160 Å². The van der Waals surface area contributed by atoms with Gasteiger partial charge in [-0.25, -0.2) is 14.6 Å². The highest BCUT2D eigenvalue weighted by Gasteiger charge is 2.29. The van der Waals surface area contributed by atoms with Crippen molar-refractivity contribution in [2.45, 2.75) is 56.2 Å². The van der Waals surface area contributed by atoms with E-state index in [1.165, 1.54) is 52.0 Å². The molecule has 0 unspecified atom stereocenters. The maximum absolute atomic E-state index is 13.1. The number of fused-ring (bicyclic) bond motifs is 2. The molecule has 2 amide bonds. The van der Waals surface area contributed by atoms with E-state index < -0.39 is 57.2 Å². The lowest BCUT2D eigenvalue weighted by atomic mass is 9.93. The van der Waals surface area contributed by atoms with E-state index in [4.69, 9.17) is 18.9 Å². The maximum Gasteiger partial charge on any atom is 0.417 e. The zero-order chi connectivity index (χ0) is 52.0. The Labute approximate surface area is 413 Å². The smallest absolute Gasteiger partial charge is 0.417 e. The molecule has 0 bridgehead atoms. The van der Waals surface area contributed by atoms with E-state index in [0.717, 1.165) is 0 Å². The first-order chi connectivity index (χ1) is 33.9. The van der Waals surface area contributed by atoms with Gasteiger partial charge in [-0.1, -0.05) is 54.6 Å². The van der Waals surface area contributed by atoms with Gasteiger partial charge in [0.1, 0.15) is 37.5 Å². The van der Waals surface area contributed by atoms with Crippen molar-refractivity contribution in [2.24, 2.45) is 4.99 Å². The summed E-state index contributed by atoms with van der Waals surface area (Å²) in [5.41, 5.74) is 2.32. The predicted octanol–water partition coefficient (Wildman–Crippen LogP) is 11.0. The minimum Gasteiger partial charge on any atom is -0.456 e. The Morgan fingerprint density at radius 3 is 1.60 bits per heavy atom. The Bertz CT molecular complexity index is 3920. The van der Waals surface area contributed by atoms with Gasteiger partial charge in [0.15, 0.2) is 0 Å². The minimum absolute atomic E-state index is 0.00582. The second-order valence-electron chi connectivity index (χ2n) is 16.6. The molecule has 6 N–H and O–H groups in total. The van der Waals surface area contributed by atoms with Crippen LogP contribution in [0.1, 0.15) is 33.4 Å². The summed E-state index contributed by atoms with van der Waals surface area (Å²) in [7, 11) is -14.6. The number of nitrogens with zero attached hydrogens (tertiary/aromatic N) is 1. The summed E-state index contributed by atoms with van der Waals surface area (Å²) in [6.45, 7) is 8.96. The van der Waals surface area contributed by atoms with Gasteiger partial charge >= 0.3 is 12.2 Å². The quantitative estimate of drug-likeness (QED) is 0.0519. The van der Waals surface area contributed by atoms with Crippen LogP contribution >= 0.6 is 0 Å². The molecule has 6 aromatic rings. The van der Waals surface area contributed by atoms with Crippen LogP contribution in [-0.2, 0) is 30.4 Å². The molecule has 2 aliphatic rings. The highest BCUT2D eigenvalue weighted by atomic mass is 32.2. The maximum atomic E-state index is 13.1. The molecule has 72 heavy (non-hydrogen) atoms. The Morgan fingerprint density at radius 2 is 1.04 bits per heavy atom. The van der Waals surface area contributed by atoms with Crippen LogP contribution in [0.5, 0.6) is 11.5 Å². The Balaban J connectivity index is 1.31. The van der Waals surface area contributed by atoms with Crippen LogP contribution in [0.2, 0.25) is 0 Å². The van der Waals surface area contributed by atoms with Crippen molar-refractivity contribution in [3.63, 3.8) is 0 Å². The normalized spacial score (nSPS) is 12.2. The van der Waals surface area contributed by atoms with Gasteiger partial charge in [-0.05, 0) is 130 Å². The molecule has 1 heterocycles. The SMILES string of the molecule is Cc1c(/N=c2\ccc3c(-c4ccccc4S(=O)(=O)O)c4ccc(Nc5c(C)c(NC(=O)Oc6ccccc6)c(C)c(S(=O)(=O)O)c5C)cc4oc-3c2)c(C)c(S(=O)(=O)O)c(C)c1NC(=O)Oc1ccccc1. The van der Waals surface area contributed by atoms with Gasteiger partial charge < -0.3 is 19.2 Å². The van der Waals surface area contributed by atoms with Crippen molar-refractivity contribution < 1.29 is 62.4 Å². The van der Waals surface area contributed by atoms with Crippen molar-refractivity contribution in [1.82, 2.24) is 0 Å². The largest absolute Gasteiger partial charge is 0.456 e. The van der Waals surface area contributed by atoms with Crippen molar-refractivity contribution in [1.29, 1.82) is 0 Å². The van der Waals surface area contributed by atoms with Crippen molar-refractivity contribution >= 4 is 81.9 Å². The van der Waals surface area contributed by atoms with Gasteiger partial charge in [-0.15, -0.1) is 0 Å².